The fraction of sp³-hybridized carbons (Fsp3) is 0.118. The minimum Gasteiger partial charge on any atom is -0.497 e. The van der Waals surface area contributed by atoms with Crippen molar-refractivity contribution in [2.75, 3.05) is 12.8 Å². The van der Waals surface area contributed by atoms with E-state index in [0.29, 0.717) is 12.5 Å². The Labute approximate surface area is 123 Å². The molecule has 0 spiro atoms. The van der Waals surface area contributed by atoms with E-state index in [1.807, 2.05) is 54.6 Å². The van der Waals surface area contributed by atoms with Crippen molar-refractivity contribution in [1.29, 1.82) is 0 Å². The van der Waals surface area contributed by atoms with Crippen molar-refractivity contribution in [1.82, 2.24) is 4.98 Å². The van der Waals surface area contributed by atoms with Crippen molar-refractivity contribution in [2.45, 2.75) is 6.61 Å². The molecule has 0 saturated carbocycles. The van der Waals surface area contributed by atoms with E-state index in [1.165, 1.54) is 0 Å². The fourth-order valence-electron chi connectivity index (χ4n) is 2.13. The van der Waals surface area contributed by atoms with E-state index in [9.17, 15) is 0 Å². The van der Waals surface area contributed by atoms with Crippen LogP contribution < -0.4 is 15.2 Å². The van der Waals surface area contributed by atoms with E-state index >= 15 is 0 Å². The van der Waals surface area contributed by atoms with Crippen LogP contribution in [0.3, 0.4) is 0 Å². The maximum Gasteiger partial charge on any atom is 0.214 e. The van der Waals surface area contributed by atoms with Crippen LogP contribution in [0.4, 0.5) is 5.69 Å². The van der Waals surface area contributed by atoms with Gasteiger partial charge in [0.25, 0.3) is 0 Å². The van der Waals surface area contributed by atoms with E-state index in [2.05, 4.69) is 4.98 Å². The molecule has 0 bridgehead atoms. The Balaban J connectivity index is 1.77. The number of pyridine rings is 1. The van der Waals surface area contributed by atoms with Crippen LogP contribution in [0.5, 0.6) is 11.6 Å². The summed E-state index contributed by atoms with van der Waals surface area (Å²) in [5.74, 6) is 1.41. The quantitative estimate of drug-likeness (QED) is 0.744. The summed E-state index contributed by atoms with van der Waals surface area (Å²) in [6, 6.07) is 17.2. The van der Waals surface area contributed by atoms with E-state index in [1.54, 1.807) is 7.11 Å². The van der Waals surface area contributed by atoms with Crippen LogP contribution in [-0.4, -0.2) is 12.1 Å². The molecule has 4 heteroatoms. The highest BCUT2D eigenvalue weighted by Gasteiger charge is 2.02. The van der Waals surface area contributed by atoms with Crippen molar-refractivity contribution in [3.8, 4) is 11.6 Å². The molecule has 0 amide bonds. The second-order valence-corrected chi connectivity index (χ2v) is 4.74. The Bertz CT molecular complexity index is 772. The second-order valence-electron chi connectivity index (χ2n) is 4.74. The number of rotatable bonds is 4. The number of fused-ring (bicyclic) bond motifs is 1. The first-order valence-corrected chi connectivity index (χ1v) is 6.66. The Morgan fingerprint density at radius 2 is 1.95 bits per heavy atom. The first kappa shape index (κ1) is 13.2. The highest BCUT2D eigenvalue weighted by molar-refractivity contribution is 5.82. The molecule has 0 fully saturated rings. The zero-order valence-electron chi connectivity index (χ0n) is 11.7. The molecule has 0 radical (unpaired) electrons. The summed E-state index contributed by atoms with van der Waals surface area (Å²) in [5, 5.41) is 1.00. The average Bonchev–Trinajstić information content (AvgIpc) is 2.53. The largest absolute Gasteiger partial charge is 0.497 e. The number of nitrogen functional groups attached to an aromatic ring is 1. The molecule has 0 aliphatic heterocycles. The molecule has 0 aliphatic rings. The summed E-state index contributed by atoms with van der Waals surface area (Å²) in [5.41, 5.74) is 8.39. The van der Waals surface area contributed by atoms with Crippen LogP contribution in [-0.2, 0) is 6.61 Å². The van der Waals surface area contributed by atoms with Crippen molar-refractivity contribution in [3.05, 3.63) is 60.2 Å². The second kappa shape index (κ2) is 5.71. The predicted molar refractivity (Wildman–Crippen MR) is 83.5 cm³/mol. The monoisotopic (exact) mass is 280 g/mol. The zero-order chi connectivity index (χ0) is 14.7. The van der Waals surface area contributed by atoms with E-state index in [-0.39, 0.29) is 0 Å². The van der Waals surface area contributed by atoms with Gasteiger partial charge >= 0.3 is 0 Å². The number of aromatic nitrogens is 1. The normalized spacial score (nSPS) is 10.5. The molecule has 3 rings (SSSR count). The molecule has 0 aliphatic carbocycles. The SMILES string of the molecule is COc1cccc(COc2ccc3cc(N)ccc3n2)c1. The van der Waals surface area contributed by atoms with Gasteiger partial charge in [0.15, 0.2) is 0 Å². The Hall–Kier alpha value is -2.75. The lowest BCUT2D eigenvalue weighted by molar-refractivity contribution is 0.294. The molecular weight excluding hydrogens is 264 g/mol. The Morgan fingerprint density at radius 3 is 2.81 bits per heavy atom. The van der Waals surface area contributed by atoms with Crippen LogP contribution in [0.15, 0.2) is 54.6 Å². The number of hydrogen-bond acceptors (Lipinski definition) is 4. The molecule has 2 aromatic carbocycles. The number of anilines is 1. The molecule has 1 aromatic heterocycles. The maximum absolute atomic E-state index is 5.75. The summed E-state index contributed by atoms with van der Waals surface area (Å²) >= 11 is 0. The molecule has 2 N–H and O–H groups in total. The summed E-state index contributed by atoms with van der Waals surface area (Å²) in [7, 11) is 1.65. The molecule has 4 nitrogen and oxygen atoms in total. The number of nitrogens with zero attached hydrogens (tertiary/aromatic N) is 1. The fourth-order valence-corrected chi connectivity index (χ4v) is 2.13. The van der Waals surface area contributed by atoms with Gasteiger partial charge < -0.3 is 15.2 Å². The lowest BCUT2D eigenvalue weighted by atomic mass is 10.2. The van der Waals surface area contributed by atoms with Crippen molar-refractivity contribution >= 4 is 16.6 Å². The summed E-state index contributed by atoms with van der Waals surface area (Å²) in [6.07, 6.45) is 0. The van der Waals surface area contributed by atoms with Gasteiger partial charge in [-0.3, -0.25) is 0 Å². The molecule has 0 atom stereocenters. The molecule has 1 heterocycles. The van der Waals surface area contributed by atoms with Gasteiger partial charge in [-0.15, -0.1) is 0 Å². The number of nitrogens with two attached hydrogens (primary N) is 1. The van der Waals surface area contributed by atoms with E-state index in [0.717, 1.165) is 27.9 Å². The summed E-state index contributed by atoms with van der Waals surface area (Å²) in [6.45, 7) is 0.449. The van der Waals surface area contributed by atoms with Gasteiger partial charge in [0.2, 0.25) is 5.88 Å². The lowest BCUT2D eigenvalue weighted by Gasteiger charge is -2.08. The molecular formula is C17H16N2O2. The van der Waals surface area contributed by atoms with Crippen molar-refractivity contribution < 1.29 is 9.47 Å². The van der Waals surface area contributed by atoms with Crippen LogP contribution in [0.25, 0.3) is 10.9 Å². The third-order valence-corrected chi connectivity index (χ3v) is 3.21. The number of benzene rings is 2. The van der Waals surface area contributed by atoms with Gasteiger partial charge in [-0.05, 0) is 42.0 Å². The Kier molecular flexibility index (Phi) is 3.60. The molecule has 0 saturated heterocycles. The van der Waals surface area contributed by atoms with Crippen molar-refractivity contribution in [2.24, 2.45) is 0 Å². The minimum absolute atomic E-state index is 0.449. The van der Waals surface area contributed by atoms with Gasteiger partial charge in [-0.1, -0.05) is 12.1 Å². The van der Waals surface area contributed by atoms with Gasteiger partial charge in [0.1, 0.15) is 12.4 Å². The van der Waals surface area contributed by atoms with E-state index in [4.69, 9.17) is 15.2 Å². The first-order chi connectivity index (χ1) is 10.2. The molecule has 21 heavy (non-hydrogen) atoms. The smallest absolute Gasteiger partial charge is 0.214 e. The van der Waals surface area contributed by atoms with Crippen molar-refractivity contribution in [3.63, 3.8) is 0 Å². The summed E-state index contributed by atoms with van der Waals surface area (Å²) in [4.78, 5) is 4.46. The van der Waals surface area contributed by atoms with Crippen LogP contribution in [0.1, 0.15) is 5.56 Å². The lowest BCUT2D eigenvalue weighted by Crippen LogP contribution is -1.98. The zero-order valence-corrected chi connectivity index (χ0v) is 11.7. The van der Waals surface area contributed by atoms with Gasteiger partial charge in [0, 0.05) is 17.1 Å². The molecule has 3 aromatic rings. The first-order valence-electron chi connectivity index (χ1n) is 6.66. The minimum atomic E-state index is 0.449. The topological polar surface area (TPSA) is 57.4 Å². The van der Waals surface area contributed by atoms with Gasteiger partial charge in [-0.25, -0.2) is 4.98 Å². The van der Waals surface area contributed by atoms with E-state index < -0.39 is 0 Å². The van der Waals surface area contributed by atoms with Gasteiger partial charge in [-0.2, -0.15) is 0 Å². The standard InChI is InChI=1S/C17H16N2O2/c1-20-15-4-2-3-12(9-15)11-21-17-8-5-13-10-14(18)6-7-16(13)19-17/h2-10H,11,18H2,1H3. The summed E-state index contributed by atoms with van der Waals surface area (Å²) < 4.78 is 10.9. The van der Waals surface area contributed by atoms with Crippen LogP contribution >= 0.6 is 0 Å². The predicted octanol–water partition coefficient (Wildman–Crippen LogP) is 3.40. The number of methoxy groups -OCH3 is 1. The highest BCUT2D eigenvalue weighted by Crippen LogP contribution is 2.20. The number of ether oxygens (including phenoxy) is 2. The third kappa shape index (κ3) is 3.05. The highest BCUT2D eigenvalue weighted by atomic mass is 16.5. The van der Waals surface area contributed by atoms with Crippen LogP contribution in [0, 0.1) is 0 Å². The number of hydrogen-bond donors (Lipinski definition) is 1. The third-order valence-electron chi connectivity index (χ3n) is 3.21. The molecule has 0 unspecified atom stereocenters. The Morgan fingerprint density at radius 1 is 1.05 bits per heavy atom. The van der Waals surface area contributed by atoms with Crippen LogP contribution in [0.2, 0.25) is 0 Å². The molecule has 106 valence electrons. The van der Waals surface area contributed by atoms with Gasteiger partial charge in [0.05, 0.1) is 12.6 Å². The maximum atomic E-state index is 5.75. The average molecular weight is 280 g/mol.